The molecule has 5 fully saturated rings. The molecule has 0 aliphatic heterocycles. The first-order valence-corrected chi connectivity index (χ1v) is 21.6. The fraction of sp³-hybridized carbons (Fsp3) is 0.745. The first-order chi connectivity index (χ1) is 25.3. The average molecular weight is 726 g/mol. The number of amides is 1. The summed E-state index contributed by atoms with van der Waals surface area (Å²) in [6, 6.07) is 10.1. The van der Waals surface area contributed by atoms with E-state index in [4.69, 9.17) is 4.74 Å². The van der Waals surface area contributed by atoms with Gasteiger partial charge in [0.1, 0.15) is 6.10 Å². The molecule has 1 aromatic rings. The van der Waals surface area contributed by atoms with Gasteiger partial charge in [-0.2, -0.15) is 0 Å². The number of benzene rings is 1. The SMILES string of the molecule is CC(C)[C@H]1CC[C@H](C)C[C@@H]1OC(=O)N(Cc1ccccc1)C[C@]1(O)CC[C@H]2[C@]34C=C[C@@]5(C=C3C(=O)C3CCCCC3)CC(O)CC[C@]5(C)[C@H]4CC[C@@]21C. The number of ether oxygens (including phenoxy) is 1. The van der Waals surface area contributed by atoms with Crippen LogP contribution in [0.25, 0.3) is 0 Å². The number of carbonyl (C=O) groups is 2. The van der Waals surface area contributed by atoms with E-state index in [2.05, 4.69) is 65.0 Å². The molecule has 53 heavy (non-hydrogen) atoms. The maximum absolute atomic E-state index is 15.0. The number of Topliss-reactive ketones (excluding diaryl/α,β-unsaturated/α-hetero) is 1. The molecule has 2 bridgehead atoms. The molecule has 2 N–H and O–H groups in total. The van der Waals surface area contributed by atoms with Crippen LogP contribution in [0.3, 0.4) is 0 Å². The van der Waals surface area contributed by atoms with Crippen molar-refractivity contribution in [3.05, 3.63) is 59.7 Å². The maximum atomic E-state index is 15.0. The summed E-state index contributed by atoms with van der Waals surface area (Å²) in [6.45, 7) is 12.1. The minimum absolute atomic E-state index is 0.0490. The lowest BCUT2D eigenvalue weighted by Gasteiger charge is -2.71. The van der Waals surface area contributed by atoms with Crippen molar-refractivity contribution in [1.82, 2.24) is 4.90 Å². The summed E-state index contributed by atoms with van der Waals surface area (Å²) in [4.78, 5) is 31.3. The van der Waals surface area contributed by atoms with Gasteiger partial charge in [-0.15, -0.1) is 0 Å². The maximum Gasteiger partial charge on any atom is 0.410 e. The first kappa shape index (κ1) is 37.5. The van der Waals surface area contributed by atoms with Gasteiger partial charge in [-0.1, -0.05) is 109 Å². The normalized spacial score (nSPS) is 43.4. The molecule has 0 saturated heterocycles. The van der Waals surface area contributed by atoms with E-state index >= 15 is 0 Å². The quantitative estimate of drug-likeness (QED) is 0.261. The van der Waals surface area contributed by atoms with Gasteiger partial charge in [-0.3, -0.25) is 4.79 Å². The van der Waals surface area contributed by atoms with Gasteiger partial charge < -0.3 is 19.8 Å². The molecule has 0 heterocycles. The number of hydrogen-bond acceptors (Lipinski definition) is 5. The zero-order chi connectivity index (χ0) is 37.4. The molecule has 2 spiro atoms. The third kappa shape index (κ3) is 5.84. The Bertz CT molecular complexity index is 1610. The zero-order valence-electron chi connectivity index (χ0n) is 33.3. The summed E-state index contributed by atoms with van der Waals surface area (Å²) in [7, 11) is 0. The van der Waals surface area contributed by atoms with Crippen molar-refractivity contribution in [2.24, 2.45) is 57.2 Å². The number of allylic oxidation sites excluding steroid dienone is 4. The number of rotatable bonds is 8. The average Bonchev–Trinajstić information content (AvgIpc) is 3.41. The minimum atomic E-state index is -1.13. The summed E-state index contributed by atoms with van der Waals surface area (Å²) in [6.07, 6.45) is 20.6. The Kier molecular flexibility index (Phi) is 9.65. The number of fused-ring (bicyclic) bond motifs is 1. The van der Waals surface area contributed by atoms with Gasteiger partial charge in [-0.25, -0.2) is 4.79 Å². The lowest BCUT2D eigenvalue weighted by Crippen LogP contribution is -2.67. The summed E-state index contributed by atoms with van der Waals surface area (Å²) >= 11 is 0. The Morgan fingerprint density at radius 2 is 1.58 bits per heavy atom. The minimum Gasteiger partial charge on any atom is -0.446 e. The second-order valence-corrected chi connectivity index (χ2v) is 20.1. The molecule has 11 atom stereocenters. The van der Waals surface area contributed by atoms with Crippen LogP contribution in [0.2, 0.25) is 0 Å². The van der Waals surface area contributed by atoms with Gasteiger partial charge in [0.15, 0.2) is 5.78 Å². The van der Waals surface area contributed by atoms with E-state index in [0.717, 1.165) is 81.8 Å². The van der Waals surface area contributed by atoms with E-state index < -0.39 is 16.4 Å². The van der Waals surface area contributed by atoms with Crippen LogP contribution < -0.4 is 0 Å². The summed E-state index contributed by atoms with van der Waals surface area (Å²) in [5, 5.41) is 24.3. The second kappa shape index (κ2) is 13.6. The number of aliphatic hydroxyl groups is 2. The molecule has 6 heteroatoms. The van der Waals surface area contributed by atoms with Gasteiger partial charge in [0.25, 0.3) is 0 Å². The van der Waals surface area contributed by atoms with Crippen LogP contribution in [-0.2, 0) is 16.1 Å². The molecule has 1 unspecified atom stereocenters. The van der Waals surface area contributed by atoms with Crippen LogP contribution in [0.5, 0.6) is 0 Å². The molecule has 9 rings (SSSR count). The van der Waals surface area contributed by atoms with Crippen LogP contribution >= 0.6 is 0 Å². The Hall–Kier alpha value is -2.44. The highest BCUT2D eigenvalue weighted by Gasteiger charge is 2.74. The Morgan fingerprint density at radius 3 is 2.32 bits per heavy atom. The molecular weight excluding hydrogens is 659 g/mol. The zero-order valence-corrected chi connectivity index (χ0v) is 33.3. The Labute approximate surface area is 319 Å². The number of carbonyl (C=O) groups excluding carboxylic acids is 2. The highest BCUT2D eigenvalue weighted by molar-refractivity contribution is 6.00. The highest BCUT2D eigenvalue weighted by Crippen LogP contribution is 2.78. The van der Waals surface area contributed by atoms with Crippen LogP contribution in [0.15, 0.2) is 54.1 Å². The van der Waals surface area contributed by atoms with Crippen LogP contribution in [0.4, 0.5) is 4.79 Å². The van der Waals surface area contributed by atoms with E-state index in [-0.39, 0.29) is 53.4 Å². The smallest absolute Gasteiger partial charge is 0.410 e. The molecule has 8 aliphatic rings. The van der Waals surface area contributed by atoms with Gasteiger partial charge in [-0.05, 0) is 111 Å². The fourth-order valence-corrected chi connectivity index (χ4v) is 14.0. The number of nitrogens with zero attached hydrogens (tertiary/aromatic N) is 1. The van der Waals surface area contributed by atoms with Crippen molar-refractivity contribution in [1.29, 1.82) is 0 Å². The van der Waals surface area contributed by atoms with Gasteiger partial charge in [0, 0.05) is 34.3 Å². The molecule has 6 nitrogen and oxygen atoms in total. The lowest BCUT2D eigenvalue weighted by atomic mass is 9.32. The topological polar surface area (TPSA) is 87.1 Å². The molecule has 1 amide bonds. The van der Waals surface area contributed by atoms with Gasteiger partial charge >= 0.3 is 6.09 Å². The van der Waals surface area contributed by atoms with E-state index in [1.165, 1.54) is 12.8 Å². The van der Waals surface area contributed by atoms with E-state index in [1.54, 1.807) is 0 Å². The Morgan fingerprint density at radius 1 is 0.887 bits per heavy atom. The molecule has 0 aromatic heterocycles. The fourth-order valence-electron chi connectivity index (χ4n) is 14.0. The number of ketones is 1. The van der Waals surface area contributed by atoms with E-state index in [1.807, 2.05) is 23.1 Å². The second-order valence-electron chi connectivity index (χ2n) is 20.1. The molecular formula is C47H67NO5. The van der Waals surface area contributed by atoms with Crippen molar-refractivity contribution in [2.75, 3.05) is 6.54 Å². The van der Waals surface area contributed by atoms with E-state index in [9.17, 15) is 19.8 Å². The monoisotopic (exact) mass is 726 g/mol. The van der Waals surface area contributed by atoms with Crippen LogP contribution in [-0.4, -0.2) is 51.3 Å². The number of aliphatic hydroxyl groups excluding tert-OH is 1. The molecule has 0 radical (unpaired) electrons. The summed E-state index contributed by atoms with van der Waals surface area (Å²) in [5.74, 6) is 2.06. The Balaban J connectivity index is 1.15. The standard InChI is InChI=1S/C47H67NO5/c1-31(2)36-17-16-32(3)26-38(36)53-42(51)48(29-33-12-8-6-9-13-33)30-46(52)23-20-40-44(46,5)22-19-39-43(4)21-18-35(49)27-45(43)24-25-47(39,40)37(28-45)41(50)34-14-10-7-11-15-34/h6,8-9,12-13,24-25,28,31-32,34-36,38-40,49,52H,7,10-11,14-23,26-27,29-30H2,1-5H3/t32-,35?,36+,38-,39+,40+,43+,44-,45-,46+,47+/m0/s1. The molecule has 5 saturated carbocycles. The van der Waals surface area contributed by atoms with Crippen LogP contribution in [0, 0.1) is 57.2 Å². The molecule has 8 aliphatic carbocycles. The number of hydrogen-bond donors (Lipinski definition) is 2. The highest BCUT2D eigenvalue weighted by atomic mass is 16.6. The molecule has 290 valence electrons. The third-order valence-electron chi connectivity index (χ3n) is 17.1. The van der Waals surface area contributed by atoms with E-state index in [0.29, 0.717) is 42.9 Å². The predicted molar refractivity (Wildman–Crippen MR) is 209 cm³/mol. The van der Waals surface area contributed by atoms with Crippen molar-refractivity contribution in [3.63, 3.8) is 0 Å². The van der Waals surface area contributed by atoms with Crippen molar-refractivity contribution < 1.29 is 24.5 Å². The first-order valence-electron chi connectivity index (χ1n) is 21.6. The summed E-state index contributed by atoms with van der Waals surface area (Å²) in [5.41, 5.74) is -0.399. The lowest BCUT2D eigenvalue weighted by molar-refractivity contribution is -0.179. The summed E-state index contributed by atoms with van der Waals surface area (Å²) < 4.78 is 6.51. The van der Waals surface area contributed by atoms with Crippen molar-refractivity contribution in [3.8, 4) is 0 Å². The largest absolute Gasteiger partial charge is 0.446 e. The van der Waals surface area contributed by atoms with Gasteiger partial charge in [0.2, 0.25) is 0 Å². The van der Waals surface area contributed by atoms with Crippen molar-refractivity contribution in [2.45, 2.75) is 155 Å². The van der Waals surface area contributed by atoms with Crippen LogP contribution in [0.1, 0.15) is 136 Å². The molecule has 1 aromatic carbocycles. The third-order valence-corrected chi connectivity index (χ3v) is 17.1. The van der Waals surface area contributed by atoms with Crippen molar-refractivity contribution >= 4 is 11.9 Å². The van der Waals surface area contributed by atoms with Gasteiger partial charge in [0.05, 0.1) is 18.2 Å². The predicted octanol–water partition coefficient (Wildman–Crippen LogP) is 9.83.